The van der Waals surface area contributed by atoms with Gasteiger partial charge in [-0.05, 0) is 30.5 Å². The number of nitrogens with zero attached hydrogens (tertiary/aromatic N) is 3. The van der Waals surface area contributed by atoms with Gasteiger partial charge in [0, 0.05) is 25.4 Å². The fraction of sp³-hybridized carbons (Fsp3) is 0.360. The van der Waals surface area contributed by atoms with E-state index in [1.54, 1.807) is 4.90 Å². The normalized spacial score (nSPS) is 16.1. The second-order valence-electron chi connectivity index (χ2n) is 8.58. The Morgan fingerprint density at radius 2 is 1.97 bits per heavy atom. The van der Waals surface area contributed by atoms with E-state index in [-0.39, 0.29) is 30.1 Å². The highest BCUT2D eigenvalue weighted by Gasteiger charge is 2.34. The molecule has 0 spiro atoms. The minimum absolute atomic E-state index is 0.0181. The maximum Gasteiger partial charge on any atom is 0.260 e. The summed E-state index contributed by atoms with van der Waals surface area (Å²) in [6, 6.07) is 15.7. The first-order valence-corrected chi connectivity index (χ1v) is 11.0. The van der Waals surface area contributed by atoms with Gasteiger partial charge in [-0.2, -0.15) is 4.98 Å². The highest BCUT2D eigenvalue weighted by Crippen LogP contribution is 2.31. The van der Waals surface area contributed by atoms with Crippen molar-refractivity contribution in [2.45, 2.75) is 39.5 Å². The van der Waals surface area contributed by atoms with Gasteiger partial charge in [0.05, 0.1) is 17.2 Å². The molecule has 32 heavy (non-hydrogen) atoms. The van der Waals surface area contributed by atoms with Gasteiger partial charge in [-0.1, -0.05) is 61.5 Å². The van der Waals surface area contributed by atoms with Crippen molar-refractivity contribution in [2.24, 2.45) is 5.92 Å². The van der Waals surface area contributed by atoms with Crippen LogP contribution in [0.2, 0.25) is 0 Å². The van der Waals surface area contributed by atoms with Crippen LogP contribution in [0.3, 0.4) is 0 Å². The van der Waals surface area contributed by atoms with Crippen molar-refractivity contribution in [3.05, 3.63) is 65.5 Å². The number of para-hydroxylation sites is 1. The van der Waals surface area contributed by atoms with Crippen LogP contribution < -0.4 is 5.32 Å². The molecular weight excluding hydrogens is 404 g/mol. The Balaban J connectivity index is 1.45. The van der Waals surface area contributed by atoms with Crippen molar-refractivity contribution in [1.29, 1.82) is 0 Å². The van der Waals surface area contributed by atoms with Gasteiger partial charge in [0.1, 0.15) is 0 Å². The van der Waals surface area contributed by atoms with Crippen molar-refractivity contribution >= 4 is 17.5 Å². The molecular formula is C25H28N4O3. The summed E-state index contributed by atoms with van der Waals surface area (Å²) >= 11 is 0. The van der Waals surface area contributed by atoms with Crippen LogP contribution in [0.1, 0.15) is 43.1 Å². The molecule has 2 heterocycles. The van der Waals surface area contributed by atoms with Gasteiger partial charge >= 0.3 is 0 Å². The van der Waals surface area contributed by atoms with Crippen LogP contribution in [0, 0.1) is 12.8 Å². The van der Waals surface area contributed by atoms with Gasteiger partial charge in [-0.25, -0.2) is 0 Å². The minimum atomic E-state index is -0.389. The topological polar surface area (TPSA) is 88.3 Å². The predicted octanol–water partition coefficient (Wildman–Crippen LogP) is 4.20. The fourth-order valence-electron chi connectivity index (χ4n) is 3.89. The molecule has 3 aromatic rings. The molecule has 1 atom stereocenters. The Morgan fingerprint density at radius 1 is 1.19 bits per heavy atom. The lowest BCUT2D eigenvalue weighted by Crippen LogP contribution is -2.30. The largest absolute Gasteiger partial charge is 0.342 e. The lowest BCUT2D eigenvalue weighted by Gasteiger charge is -2.17. The molecule has 1 unspecified atom stereocenters. The van der Waals surface area contributed by atoms with Crippen LogP contribution in [0.15, 0.2) is 53.1 Å². The molecule has 1 aliphatic heterocycles. The zero-order valence-electron chi connectivity index (χ0n) is 18.7. The van der Waals surface area contributed by atoms with E-state index in [0.29, 0.717) is 36.1 Å². The molecule has 7 heteroatoms. The number of aromatic nitrogens is 2. The number of rotatable bonds is 7. The van der Waals surface area contributed by atoms with E-state index in [0.717, 1.165) is 12.0 Å². The van der Waals surface area contributed by atoms with Crippen molar-refractivity contribution in [2.75, 3.05) is 18.4 Å². The third-order valence-corrected chi connectivity index (χ3v) is 5.81. The number of anilines is 1. The third kappa shape index (κ3) is 4.72. The zero-order chi connectivity index (χ0) is 22.7. The predicted molar refractivity (Wildman–Crippen MR) is 122 cm³/mol. The molecule has 4 rings (SSSR count). The quantitative estimate of drug-likeness (QED) is 0.605. The number of amides is 2. The van der Waals surface area contributed by atoms with Crippen LogP contribution in [0.25, 0.3) is 11.5 Å². The van der Waals surface area contributed by atoms with E-state index in [4.69, 9.17) is 4.52 Å². The summed E-state index contributed by atoms with van der Waals surface area (Å²) in [4.78, 5) is 31.8. The highest BCUT2D eigenvalue weighted by atomic mass is 16.5. The van der Waals surface area contributed by atoms with Gasteiger partial charge < -0.3 is 14.7 Å². The van der Waals surface area contributed by atoms with Crippen molar-refractivity contribution in [3.63, 3.8) is 0 Å². The van der Waals surface area contributed by atoms with Crippen molar-refractivity contribution in [1.82, 2.24) is 15.0 Å². The summed E-state index contributed by atoms with van der Waals surface area (Å²) in [5, 5.41) is 7.06. The number of nitrogens with one attached hydrogen (secondary N) is 1. The monoisotopic (exact) mass is 432 g/mol. The molecule has 7 nitrogen and oxygen atoms in total. The van der Waals surface area contributed by atoms with Crippen molar-refractivity contribution in [3.8, 4) is 11.5 Å². The maximum absolute atomic E-state index is 13.1. The Bertz CT molecular complexity index is 1110. The molecule has 1 fully saturated rings. The Labute approximate surface area is 187 Å². The molecule has 2 aromatic carbocycles. The first-order chi connectivity index (χ1) is 15.4. The van der Waals surface area contributed by atoms with E-state index in [1.807, 2.05) is 69.3 Å². The van der Waals surface area contributed by atoms with Crippen LogP contribution in [-0.4, -0.2) is 39.9 Å². The van der Waals surface area contributed by atoms with Gasteiger partial charge in [-0.3, -0.25) is 9.59 Å². The van der Waals surface area contributed by atoms with E-state index in [1.165, 1.54) is 5.56 Å². The van der Waals surface area contributed by atoms with E-state index in [9.17, 15) is 9.59 Å². The molecule has 0 radical (unpaired) electrons. The molecule has 0 aliphatic carbocycles. The molecule has 1 aliphatic rings. The van der Waals surface area contributed by atoms with Gasteiger partial charge in [-0.15, -0.1) is 0 Å². The minimum Gasteiger partial charge on any atom is -0.342 e. The van der Waals surface area contributed by atoms with E-state index >= 15 is 0 Å². The standard InChI is InChI=1S/C25H28N4O3/c1-16(2)23-27-25(32-28-23)20-11-7-8-17(3)22(20)26-24(31)19-14-21(30)29(15-19)13-12-18-9-5-4-6-10-18/h4-11,16,19H,12-15H2,1-3H3,(H,26,31). The average Bonchev–Trinajstić information content (AvgIpc) is 3.42. The molecule has 1 saturated heterocycles. The first kappa shape index (κ1) is 21.7. The fourth-order valence-corrected chi connectivity index (χ4v) is 3.89. The Hall–Kier alpha value is -3.48. The summed E-state index contributed by atoms with van der Waals surface area (Å²) in [5.41, 5.74) is 3.40. The molecule has 1 N–H and O–H groups in total. The summed E-state index contributed by atoms with van der Waals surface area (Å²) < 4.78 is 5.45. The average molecular weight is 433 g/mol. The number of likely N-dealkylation sites (tertiary alicyclic amines) is 1. The molecule has 0 bridgehead atoms. The van der Waals surface area contributed by atoms with Gasteiger partial charge in [0.2, 0.25) is 11.8 Å². The van der Waals surface area contributed by atoms with E-state index < -0.39 is 0 Å². The maximum atomic E-state index is 13.1. The first-order valence-electron chi connectivity index (χ1n) is 11.0. The van der Waals surface area contributed by atoms with Crippen molar-refractivity contribution < 1.29 is 14.1 Å². The zero-order valence-corrected chi connectivity index (χ0v) is 18.7. The van der Waals surface area contributed by atoms with Gasteiger partial charge in [0.15, 0.2) is 5.82 Å². The molecule has 0 saturated carbocycles. The van der Waals surface area contributed by atoms with Crippen LogP contribution >= 0.6 is 0 Å². The lowest BCUT2D eigenvalue weighted by molar-refractivity contribution is -0.128. The lowest BCUT2D eigenvalue weighted by atomic mass is 10.0. The summed E-state index contributed by atoms with van der Waals surface area (Å²) in [7, 11) is 0. The summed E-state index contributed by atoms with van der Waals surface area (Å²) in [6.07, 6.45) is 0.998. The number of carbonyl (C=O) groups is 2. The molecule has 2 amide bonds. The smallest absolute Gasteiger partial charge is 0.260 e. The highest BCUT2D eigenvalue weighted by molar-refractivity contribution is 6.00. The molecule has 166 valence electrons. The second-order valence-corrected chi connectivity index (χ2v) is 8.58. The number of benzene rings is 2. The summed E-state index contributed by atoms with van der Waals surface area (Å²) in [6.45, 7) is 6.95. The number of hydrogen-bond acceptors (Lipinski definition) is 5. The SMILES string of the molecule is Cc1cccc(-c2nc(C(C)C)no2)c1NC(=O)C1CC(=O)N(CCc2ccccc2)C1. The number of aryl methyl sites for hydroxylation is 1. The molecule has 1 aromatic heterocycles. The third-order valence-electron chi connectivity index (χ3n) is 5.81. The number of hydrogen-bond donors (Lipinski definition) is 1. The van der Waals surface area contributed by atoms with Crippen LogP contribution in [0.5, 0.6) is 0 Å². The second kappa shape index (κ2) is 9.34. The van der Waals surface area contributed by atoms with E-state index in [2.05, 4.69) is 15.5 Å². The van der Waals surface area contributed by atoms with Crippen LogP contribution in [0.4, 0.5) is 5.69 Å². The van der Waals surface area contributed by atoms with Gasteiger partial charge in [0.25, 0.3) is 5.89 Å². The number of carbonyl (C=O) groups excluding carboxylic acids is 2. The van der Waals surface area contributed by atoms with Crippen LogP contribution in [-0.2, 0) is 16.0 Å². The summed E-state index contributed by atoms with van der Waals surface area (Å²) in [5.74, 6) is 0.597. The Kier molecular flexibility index (Phi) is 6.35. The Morgan fingerprint density at radius 3 is 2.69 bits per heavy atom.